The molecule has 1 unspecified atom stereocenters. The molecule has 7 heteroatoms. The molecule has 2 aliphatic rings. The number of Topliss-reactive ketones (excluding diaryl/α,β-unsaturated/α-hetero) is 1. The molecule has 0 aromatic heterocycles. The van der Waals surface area contributed by atoms with Crippen molar-refractivity contribution in [1.29, 1.82) is 0 Å². The third kappa shape index (κ3) is 4.64. The molecule has 0 radical (unpaired) electrons. The lowest BCUT2D eigenvalue weighted by molar-refractivity contribution is -0.130. The van der Waals surface area contributed by atoms with Crippen LogP contribution in [0.4, 0.5) is 10.5 Å². The quantitative estimate of drug-likeness (QED) is 0.840. The normalized spacial score (nSPS) is 20.4. The lowest BCUT2D eigenvalue weighted by atomic mass is 10.0. The second kappa shape index (κ2) is 8.63. The summed E-state index contributed by atoms with van der Waals surface area (Å²) in [6.45, 7) is 5.44. The van der Waals surface area contributed by atoms with E-state index < -0.39 is 0 Å². The highest BCUT2D eigenvalue weighted by molar-refractivity contribution is 5.89. The minimum atomic E-state index is -0.319. The van der Waals surface area contributed by atoms with Crippen molar-refractivity contribution in [2.75, 3.05) is 32.0 Å². The van der Waals surface area contributed by atoms with E-state index in [1.807, 2.05) is 37.1 Å². The number of carbonyl (C=O) groups is 3. The summed E-state index contributed by atoms with van der Waals surface area (Å²) in [5.74, 6) is -0.0391. The first-order valence-corrected chi connectivity index (χ1v) is 9.87. The van der Waals surface area contributed by atoms with Crippen molar-refractivity contribution in [3.05, 3.63) is 29.3 Å². The van der Waals surface area contributed by atoms with Gasteiger partial charge in [-0.3, -0.25) is 9.59 Å². The Kier molecular flexibility index (Phi) is 6.21. The van der Waals surface area contributed by atoms with Crippen LogP contribution in [0.25, 0.3) is 0 Å². The zero-order chi connectivity index (χ0) is 20.3. The Balaban J connectivity index is 1.48. The molecular weight excluding hydrogens is 358 g/mol. The van der Waals surface area contributed by atoms with Crippen LogP contribution in [0.1, 0.15) is 37.3 Å². The Labute approximate surface area is 166 Å². The van der Waals surface area contributed by atoms with Crippen LogP contribution in [-0.2, 0) is 20.9 Å². The van der Waals surface area contributed by atoms with Crippen LogP contribution in [0.15, 0.2) is 18.2 Å². The number of benzene rings is 1. The average molecular weight is 387 g/mol. The number of carbonyl (C=O) groups excluding carboxylic acids is 3. The summed E-state index contributed by atoms with van der Waals surface area (Å²) in [5.41, 5.74) is 3.05. The minimum Gasteiger partial charge on any atom is -0.445 e. The Morgan fingerprint density at radius 1 is 1.21 bits per heavy atom. The van der Waals surface area contributed by atoms with Gasteiger partial charge < -0.3 is 19.9 Å². The van der Waals surface area contributed by atoms with Crippen LogP contribution in [0.3, 0.4) is 0 Å². The average Bonchev–Trinajstić information content (AvgIpc) is 3.08. The molecule has 2 fully saturated rings. The zero-order valence-corrected chi connectivity index (χ0v) is 16.9. The lowest BCUT2D eigenvalue weighted by Gasteiger charge is -2.36. The van der Waals surface area contributed by atoms with Crippen LogP contribution in [0.5, 0.6) is 0 Å². The number of nitrogens with one attached hydrogen (secondary N) is 1. The smallest absolute Gasteiger partial charge is 0.410 e. The monoisotopic (exact) mass is 387 g/mol. The first-order valence-electron chi connectivity index (χ1n) is 9.87. The van der Waals surface area contributed by atoms with Gasteiger partial charge in [0.1, 0.15) is 12.4 Å². The predicted octanol–water partition coefficient (Wildman–Crippen LogP) is 2.58. The van der Waals surface area contributed by atoms with Crippen molar-refractivity contribution in [2.45, 2.75) is 45.8 Å². The summed E-state index contributed by atoms with van der Waals surface area (Å²) in [7, 11) is 1.86. The highest BCUT2D eigenvalue weighted by atomic mass is 16.6. The molecule has 0 saturated carbocycles. The topological polar surface area (TPSA) is 79.0 Å². The third-order valence-corrected chi connectivity index (χ3v) is 5.68. The molecule has 3 rings (SSSR count). The van der Waals surface area contributed by atoms with Crippen LogP contribution in [0, 0.1) is 12.8 Å². The fourth-order valence-corrected chi connectivity index (χ4v) is 4.04. The molecule has 1 N–H and O–H groups in total. The Hall–Kier alpha value is -2.57. The number of nitrogens with zero attached hydrogens (tertiary/aromatic N) is 2. The molecule has 1 atom stereocenters. The maximum Gasteiger partial charge on any atom is 0.410 e. The molecule has 2 amide bonds. The first-order chi connectivity index (χ1) is 13.4. The fourth-order valence-electron chi connectivity index (χ4n) is 4.04. The van der Waals surface area contributed by atoms with Gasteiger partial charge in [0.2, 0.25) is 5.91 Å². The number of ether oxygens (including phenoxy) is 1. The first kappa shape index (κ1) is 20.2. The van der Waals surface area contributed by atoms with Gasteiger partial charge in [-0.2, -0.15) is 0 Å². The van der Waals surface area contributed by atoms with Gasteiger partial charge in [0.05, 0.1) is 0 Å². The number of aryl methyl sites for hydroxylation is 1. The number of rotatable bonds is 5. The summed E-state index contributed by atoms with van der Waals surface area (Å²) in [6, 6.07) is 6.12. The van der Waals surface area contributed by atoms with Crippen LogP contribution in [-0.4, -0.2) is 60.3 Å². The summed E-state index contributed by atoms with van der Waals surface area (Å²) in [5, 5.41) is 3.10. The van der Waals surface area contributed by atoms with Gasteiger partial charge in [-0.25, -0.2) is 4.79 Å². The van der Waals surface area contributed by atoms with E-state index in [9.17, 15) is 14.4 Å². The van der Waals surface area contributed by atoms with Gasteiger partial charge in [-0.15, -0.1) is 0 Å². The highest BCUT2D eigenvalue weighted by Crippen LogP contribution is 2.26. The third-order valence-electron chi connectivity index (χ3n) is 5.68. The summed E-state index contributed by atoms with van der Waals surface area (Å²) in [4.78, 5) is 39.7. The largest absolute Gasteiger partial charge is 0.445 e. The van der Waals surface area contributed by atoms with Gasteiger partial charge in [-0.05, 0) is 49.9 Å². The summed E-state index contributed by atoms with van der Waals surface area (Å²) < 4.78 is 5.49. The van der Waals surface area contributed by atoms with Crippen molar-refractivity contribution in [1.82, 2.24) is 9.80 Å². The molecule has 2 heterocycles. The van der Waals surface area contributed by atoms with Gasteiger partial charge in [0.25, 0.3) is 0 Å². The summed E-state index contributed by atoms with van der Waals surface area (Å²) in [6.07, 6.45) is 1.45. The maximum atomic E-state index is 12.4. The molecule has 1 aromatic carbocycles. The molecule has 28 heavy (non-hydrogen) atoms. The molecule has 2 aliphatic heterocycles. The number of anilines is 1. The number of hydrogen-bond acceptors (Lipinski definition) is 5. The second-order valence-electron chi connectivity index (χ2n) is 7.79. The molecule has 0 aliphatic carbocycles. The number of ketones is 1. The SMILES string of the molecule is CNc1cc(C)cc(COC(=O)N2CCC(N3CC(C(C)=O)CC3=O)CC2)c1. The van der Waals surface area contributed by atoms with E-state index in [4.69, 9.17) is 4.74 Å². The van der Waals surface area contributed by atoms with Gasteiger partial charge >= 0.3 is 6.09 Å². The van der Waals surface area contributed by atoms with Crippen molar-refractivity contribution in [3.63, 3.8) is 0 Å². The van der Waals surface area contributed by atoms with Crippen LogP contribution in [0.2, 0.25) is 0 Å². The Morgan fingerprint density at radius 3 is 2.54 bits per heavy atom. The molecule has 152 valence electrons. The number of amides is 2. The van der Waals surface area contributed by atoms with Crippen molar-refractivity contribution in [3.8, 4) is 0 Å². The van der Waals surface area contributed by atoms with E-state index >= 15 is 0 Å². The van der Waals surface area contributed by atoms with E-state index in [2.05, 4.69) is 5.32 Å². The predicted molar refractivity (Wildman–Crippen MR) is 106 cm³/mol. The number of hydrogen-bond donors (Lipinski definition) is 1. The van der Waals surface area contributed by atoms with Crippen LogP contribution < -0.4 is 5.32 Å². The van der Waals surface area contributed by atoms with E-state index in [-0.39, 0.29) is 36.4 Å². The van der Waals surface area contributed by atoms with E-state index in [0.29, 0.717) is 26.1 Å². The van der Waals surface area contributed by atoms with Crippen molar-refractivity contribution < 1.29 is 19.1 Å². The number of likely N-dealkylation sites (tertiary alicyclic amines) is 2. The maximum absolute atomic E-state index is 12.4. The van der Waals surface area contributed by atoms with E-state index in [1.165, 1.54) is 0 Å². The van der Waals surface area contributed by atoms with Crippen LogP contribution >= 0.6 is 0 Å². The van der Waals surface area contributed by atoms with E-state index in [1.54, 1.807) is 11.8 Å². The zero-order valence-electron chi connectivity index (χ0n) is 16.9. The lowest BCUT2D eigenvalue weighted by Crippen LogP contribution is -2.47. The number of piperidine rings is 1. The molecule has 0 bridgehead atoms. The Bertz CT molecular complexity index is 756. The van der Waals surface area contributed by atoms with Crippen molar-refractivity contribution >= 4 is 23.5 Å². The second-order valence-corrected chi connectivity index (χ2v) is 7.79. The van der Waals surface area contributed by atoms with E-state index in [0.717, 1.165) is 29.7 Å². The molecule has 1 aromatic rings. The Morgan fingerprint density at radius 2 is 1.93 bits per heavy atom. The van der Waals surface area contributed by atoms with Crippen molar-refractivity contribution in [2.24, 2.45) is 5.92 Å². The molecule has 2 saturated heterocycles. The molecule has 7 nitrogen and oxygen atoms in total. The molecular formula is C21H29N3O4. The minimum absolute atomic E-state index is 0.0565. The van der Waals surface area contributed by atoms with Gasteiger partial charge in [-0.1, -0.05) is 6.07 Å². The van der Waals surface area contributed by atoms with Gasteiger partial charge in [0, 0.05) is 50.7 Å². The highest BCUT2D eigenvalue weighted by Gasteiger charge is 2.38. The van der Waals surface area contributed by atoms with Gasteiger partial charge in [0.15, 0.2) is 0 Å². The summed E-state index contributed by atoms with van der Waals surface area (Å²) >= 11 is 0. The fraction of sp³-hybridized carbons (Fsp3) is 0.571. The molecule has 0 spiro atoms. The standard InChI is InChI=1S/C21H29N3O4/c1-14-8-16(10-18(9-14)22-3)13-28-21(27)23-6-4-19(5-7-23)24-12-17(15(2)25)11-20(24)26/h8-10,17,19,22H,4-7,11-13H2,1-3H3.